The van der Waals surface area contributed by atoms with Crippen LogP contribution in [-0.4, -0.2) is 40.8 Å². The molecule has 0 aliphatic carbocycles. The maximum absolute atomic E-state index is 12.9. The molecule has 1 unspecified atom stereocenters. The maximum atomic E-state index is 12.9. The third-order valence-corrected chi connectivity index (χ3v) is 5.20. The number of hydrogen-bond donors (Lipinski definition) is 0. The minimum atomic E-state index is -4.37. The largest absolute Gasteiger partial charge is 0.473 e. The highest BCUT2D eigenvalue weighted by molar-refractivity contribution is 5.59. The lowest BCUT2D eigenvalue weighted by molar-refractivity contribution is -0.137. The number of fused-ring (bicyclic) bond motifs is 2. The van der Waals surface area contributed by atoms with Crippen molar-refractivity contribution in [3.05, 3.63) is 42.0 Å². The van der Waals surface area contributed by atoms with Crippen molar-refractivity contribution in [3.63, 3.8) is 0 Å². The third-order valence-electron chi connectivity index (χ3n) is 5.20. The summed E-state index contributed by atoms with van der Waals surface area (Å²) in [5.74, 6) is 0.951. The van der Waals surface area contributed by atoms with Crippen molar-refractivity contribution in [2.24, 2.45) is 5.92 Å². The second kappa shape index (κ2) is 6.87. The number of alkyl halides is 3. The van der Waals surface area contributed by atoms with E-state index in [0.717, 1.165) is 38.1 Å². The SMILES string of the molecule is FC(F)(F)c1cccc(-c2ccc(O[C@H]3CCN4CCC[C@H]3C4)nn2)c1. The molecule has 2 saturated heterocycles. The van der Waals surface area contributed by atoms with Crippen molar-refractivity contribution in [2.45, 2.75) is 31.5 Å². The first-order valence-electron chi connectivity index (χ1n) is 8.89. The van der Waals surface area contributed by atoms with Gasteiger partial charge in [0.2, 0.25) is 5.88 Å². The van der Waals surface area contributed by atoms with Crippen molar-refractivity contribution < 1.29 is 17.9 Å². The van der Waals surface area contributed by atoms with Gasteiger partial charge in [-0.25, -0.2) is 0 Å². The Morgan fingerprint density at radius 1 is 1.04 bits per heavy atom. The average Bonchev–Trinajstić information content (AvgIpc) is 2.64. The maximum Gasteiger partial charge on any atom is 0.416 e. The summed E-state index contributed by atoms with van der Waals surface area (Å²) in [5.41, 5.74) is 0.0941. The molecular weight excluding hydrogens is 343 g/mol. The molecule has 3 atom stereocenters. The average molecular weight is 363 g/mol. The zero-order valence-corrected chi connectivity index (χ0v) is 14.2. The fourth-order valence-corrected chi connectivity index (χ4v) is 3.85. The standard InChI is InChI=1S/C19H20F3N3O/c20-19(21,22)15-5-1-3-13(11-15)16-6-7-18(24-23-16)26-17-8-10-25-9-2-4-14(17)12-25/h1,3,5-7,11,14,17H,2,4,8-10,12H2/t14-,17-/m0/s1. The summed E-state index contributed by atoms with van der Waals surface area (Å²) in [4.78, 5) is 2.47. The van der Waals surface area contributed by atoms with Crippen molar-refractivity contribution in [1.29, 1.82) is 0 Å². The number of halogens is 3. The molecule has 0 spiro atoms. The van der Waals surface area contributed by atoms with E-state index in [2.05, 4.69) is 15.1 Å². The minimum Gasteiger partial charge on any atom is -0.473 e. The number of rotatable bonds is 3. The van der Waals surface area contributed by atoms with Crippen LogP contribution in [0.2, 0.25) is 0 Å². The molecule has 1 aromatic carbocycles. The molecule has 0 N–H and O–H groups in total. The van der Waals surface area contributed by atoms with Crippen LogP contribution in [-0.2, 0) is 6.18 Å². The van der Waals surface area contributed by atoms with Gasteiger partial charge in [0.15, 0.2) is 0 Å². The Morgan fingerprint density at radius 2 is 1.92 bits per heavy atom. The van der Waals surface area contributed by atoms with Crippen LogP contribution in [0.3, 0.4) is 0 Å². The molecular formula is C19H20F3N3O. The van der Waals surface area contributed by atoms with E-state index >= 15 is 0 Å². The van der Waals surface area contributed by atoms with Gasteiger partial charge in [-0.3, -0.25) is 0 Å². The molecule has 2 fully saturated rings. The summed E-state index contributed by atoms with van der Waals surface area (Å²) >= 11 is 0. The first kappa shape index (κ1) is 17.3. The van der Waals surface area contributed by atoms with Crippen LogP contribution < -0.4 is 4.74 Å². The van der Waals surface area contributed by atoms with Gasteiger partial charge >= 0.3 is 6.18 Å². The van der Waals surface area contributed by atoms with E-state index < -0.39 is 11.7 Å². The van der Waals surface area contributed by atoms with Gasteiger partial charge in [0.05, 0.1) is 11.3 Å². The van der Waals surface area contributed by atoms with Crippen LogP contribution in [0.4, 0.5) is 13.2 Å². The van der Waals surface area contributed by atoms with E-state index in [1.165, 1.54) is 19.0 Å². The Labute approximate surface area is 150 Å². The van der Waals surface area contributed by atoms with Gasteiger partial charge in [0.25, 0.3) is 0 Å². The normalized spacial score (nSPS) is 25.7. The Morgan fingerprint density at radius 3 is 2.69 bits per heavy atom. The highest BCUT2D eigenvalue weighted by Gasteiger charge is 2.33. The molecule has 2 aromatic rings. The zero-order valence-electron chi connectivity index (χ0n) is 14.2. The van der Waals surface area contributed by atoms with E-state index in [-0.39, 0.29) is 6.10 Å². The van der Waals surface area contributed by atoms with Crippen LogP contribution >= 0.6 is 0 Å². The summed E-state index contributed by atoms with van der Waals surface area (Å²) in [5, 5.41) is 8.14. The molecule has 4 nitrogen and oxygen atoms in total. The number of benzene rings is 1. The minimum absolute atomic E-state index is 0.139. The number of hydrogen-bond acceptors (Lipinski definition) is 4. The summed E-state index contributed by atoms with van der Waals surface area (Å²) in [6, 6.07) is 8.46. The molecule has 2 aliphatic rings. The summed E-state index contributed by atoms with van der Waals surface area (Å²) in [6.07, 6.45) is -0.898. The van der Waals surface area contributed by atoms with Crippen LogP contribution in [0.15, 0.2) is 36.4 Å². The Kier molecular flexibility index (Phi) is 4.56. The van der Waals surface area contributed by atoms with E-state index in [1.807, 2.05) is 0 Å². The van der Waals surface area contributed by atoms with Crippen molar-refractivity contribution in [3.8, 4) is 17.1 Å². The molecule has 26 heavy (non-hydrogen) atoms. The molecule has 2 aliphatic heterocycles. The van der Waals surface area contributed by atoms with E-state index in [0.29, 0.717) is 23.1 Å². The lowest BCUT2D eigenvalue weighted by atomic mass is 9.87. The number of aromatic nitrogens is 2. The molecule has 0 radical (unpaired) electrons. The summed E-state index contributed by atoms with van der Waals surface area (Å²) < 4.78 is 44.6. The van der Waals surface area contributed by atoms with Crippen LogP contribution in [0.5, 0.6) is 5.88 Å². The number of piperidine rings is 2. The third kappa shape index (κ3) is 3.67. The molecule has 7 heteroatoms. The second-order valence-electron chi connectivity index (χ2n) is 6.98. The Hall–Kier alpha value is -2.15. The predicted molar refractivity (Wildman–Crippen MR) is 90.7 cm³/mol. The lowest BCUT2D eigenvalue weighted by Gasteiger charge is -2.42. The molecule has 138 valence electrons. The first-order chi connectivity index (χ1) is 12.5. The predicted octanol–water partition coefficient (Wildman–Crippen LogP) is 4.03. The van der Waals surface area contributed by atoms with Gasteiger partial charge < -0.3 is 9.64 Å². The van der Waals surface area contributed by atoms with Crippen molar-refractivity contribution in [2.75, 3.05) is 19.6 Å². The smallest absolute Gasteiger partial charge is 0.416 e. The van der Waals surface area contributed by atoms with Crippen LogP contribution in [0, 0.1) is 5.92 Å². The van der Waals surface area contributed by atoms with Crippen molar-refractivity contribution >= 4 is 0 Å². The monoisotopic (exact) mass is 363 g/mol. The van der Waals surface area contributed by atoms with Crippen LogP contribution in [0.1, 0.15) is 24.8 Å². The second-order valence-corrected chi connectivity index (χ2v) is 6.98. The van der Waals surface area contributed by atoms with Gasteiger partial charge in [-0.05, 0) is 44.0 Å². The van der Waals surface area contributed by atoms with E-state index in [1.54, 1.807) is 18.2 Å². The van der Waals surface area contributed by atoms with Gasteiger partial charge in [0.1, 0.15) is 6.10 Å². The van der Waals surface area contributed by atoms with E-state index in [4.69, 9.17) is 4.74 Å². The molecule has 4 rings (SSSR count). The van der Waals surface area contributed by atoms with Crippen LogP contribution in [0.25, 0.3) is 11.3 Å². The first-order valence-corrected chi connectivity index (χ1v) is 8.89. The quantitative estimate of drug-likeness (QED) is 0.825. The summed E-state index contributed by atoms with van der Waals surface area (Å²) in [6.45, 7) is 3.28. The number of ether oxygens (including phenoxy) is 1. The summed E-state index contributed by atoms with van der Waals surface area (Å²) in [7, 11) is 0. The molecule has 0 saturated carbocycles. The van der Waals surface area contributed by atoms with E-state index in [9.17, 15) is 13.2 Å². The highest BCUT2D eigenvalue weighted by Crippen LogP contribution is 2.32. The Balaban J connectivity index is 1.47. The highest BCUT2D eigenvalue weighted by atomic mass is 19.4. The van der Waals surface area contributed by atoms with Gasteiger partial charge in [0, 0.05) is 30.6 Å². The molecule has 1 aromatic heterocycles. The van der Waals surface area contributed by atoms with Gasteiger partial charge in [-0.2, -0.15) is 13.2 Å². The fourth-order valence-electron chi connectivity index (χ4n) is 3.85. The molecule has 3 heterocycles. The number of nitrogens with zero attached hydrogens (tertiary/aromatic N) is 3. The molecule has 0 amide bonds. The lowest BCUT2D eigenvalue weighted by Crippen LogP contribution is -2.49. The Bertz CT molecular complexity index is 763. The zero-order chi connectivity index (χ0) is 18.1. The topological polar surface area (TPSA) is 38.2 Å². The van der Waals surface area contributed by atoms with Gasteiger partial charge in [-0.15, -0.1) is 10.2 Å². The van der Waals surface area contributed by atoms with Crippen molar-refractivity contribution in [1.82, 2.24) is 15.1 Å². The van der Waals surface area contributed by atoms with Gasteiger partial charge in [-0.1, -0.05) is 12.1 Å². The fraction of sp³-hybridized carbons (Fsp3) is 0.474. The molecule has 2 bridgehead atoms.